The molecule has 0 aromatic heterocycles. The van der Waals surface area contributed by atoms with Gasteiger partial charge in [-0.3, -0.25) is 4.79 Å². The van der Waals surface area contributed by atoms with E-state index in [-0.39, 0.29) is 30.7 Å². The SMILES string of the molecule is CC1(c2ccccc2)CC(C(=O)NCc2cccc(Cl)c2)C(COCc2cc(C(F)(F)F)cc(C(F)(F)F)c2)N1. The highest BCUT2D eigenvalue weighted by Gasteiger charge is 2.46. The van der Waals surface area contributed by atoms with Gasteiger partial charge in [0, 0.05) is 23.1 Å². The molecule has 1 heterocycles. The number of halogens is 7. The van der Waals surface area contributed by atoms with E-state index in [9.17, 15) is 31.1 Å². The standard InChI is InChI=1S/C29H27ClF6N2O2/c1-27(20-7-3-2-4-8-20)14-24(26(39)37-15-18-6-5-9-23(30)12-18)25(38-27)17-40-16-19-10-21(28(31,32)33)13-22(11-19)29(34,35)36/h2-13,24-25,38H,14-17H2,1H3,(H,37,39). The third-order valence-corrected chi connectivity index (χ3v) is 7.17. The highest BCUT2D eigenvalue weighted by molar-refractivity contribution is 6.30. The van der Waals surface area contributed by atoms with Crippen LogP contribution >= 0.6 is 11.6 Å². The maximum absolute atomic E-state index is 13.3. The normalized spacial score (nSPS) is 21.4. The molecule has 3 aromatic rings. The Hall–Kier alpha value is -3.08. The number of amides is 1. The highest BCUT2D eigenvalue weighted by atomic mass is 35.5. The number of alkyl halides is 6. The van der Waals surface area contributed by atoms with Crippen molar-refractivity contribution in [3.8, 4) is 0 Å². The van der Waals surface area contributed by atoms with Crippen molar-refractivity contribution in [2.24, 2.45) is 5.92 Å². The number of rotatable bonds is 8. The number of nitrogens with one attached hydrogen (secondary N) is 2. The number of hydrogen-bond donors (Lipinski definition) is 2. The molecule has 11 heteroatoms. The smallest absolute Gasteiger partial charge is 0.375 e. The van der Waals surface area contributed by atoms with Crippen molar-refractivity contribution >= 4 is 17.5 Å². The van der Waals surface area contributed by atoms with E-state index in [0.717, 1.165) is 11.1 Å². The average Bonchev–Trinajstić information content (AvgIpc) is 3.24. The number of ether oxygens (including phenoxy) is 1. The molecule has 0 aliphatic carbocycles. The van der Waals surface area contributed by atoms with E-state index < -0.39 is 47.6 Å². The Morgan fingerprint density at radius 2 is 1.60 bits per heavy atom. The molecule has 1 fully saturated rings. The summed E-state index contributed by atoms with van der Waals surface area (Å²) in [5.74, 6) is -0.851. The number of benzene rings is 3. The van der Waals surface area contributed by atoms with Gasteiger partial charge in [-0.1, -0.05) is 54.1 Å². The van der Waals surface area contributed by atoms with Gasteiger partial charge in [-0.2, -0.15) is 26.3 Å². The monoisotopic (exact) mass is 584 g/mol. The van der Waals surface area contributed by atoms with Gasteiger partial charge in [0.15, 0.2) is 0 Å². The van der Waals surface area contributed by atoms with Gasteiger partial charge in [0.25, 0.3) is 0 Å². The zero-order valence-corrected chi connectivity index (χ0v) is 22.1. The molecule has 214 valence electrons. The van der Waals surface area contributed by atoms with Gasteiger partial charge < -0.3 is 15.4 Å². The molecule has 1 aliphatic heterocycles. The predicted molar refractivity (Wildman–Crippen MR) is 138 cm³/mol. The zero-order chi connectivity index (χ0) is 29.1. The molecular formula is C29H27ClF6N2O2. The van der Waals surface area contributed by atoms with E-state index >= 15 is 0 Å². The average molecular weight is 585 g/mol. The van der Waals surface area contributed by atoms with Gasteiger partial charge in [0.2, 0.25) is 5.91 Å². The van der Waals surface area contributed by atoms with Gasteiger partial charge in [0.1, 0.15) is 0 Å². The topological polar surface area (TPSA) is 50.4 Å². The molecule has 1 aliphatic rings. The van der Waals surface area contributed by atoms with Crippen molar-refractivity contribution in [1.82, 2.24) is 10.6 Å². The number of carbonyl (C=O) groups excluding carboxylic acids is 1. The minimum Gasteiger partial charge on any atom is -0.375 e. The van der Waals surface area contributed by atoms with Crippen LogP contribution in [0.15, 0.2) is 72.8 Å². The molecule has 1 amide bonds. The lowest BCUT2D eigenvalue weighted by Crippen LogP contribution is -2.43. The summed E-state index contributed by atoms with van der Waals surface area (Å²) in [4.78, 5) is 13.3. The van der Waals surface area contributed by atoms with E-state index in [1.807, 2.05) is 43.3 Å². The van der Waals surface area contributed by atoms with Gasteiger partial charge in [-0.25, -0.2) is 0 Å². The summed E-state index contributed by atoms with van der Waals surface area (Å²) in [6, 6.07) is 17.3. The Kier molecular flexibility index (Phi) is 8.82. The number of carbonyl (C=O) groups is 1. The largest absolute Gasteiger partial charge is 0.416 e. The summed E-state index contributed by atoms with van der Waals surface area (Å²) in [7, 11) is 0. The van der Waals surface area contributed by atoms with Crippen molar-refractivity contribution in [2.45, 2.75) is 50.4 Å². The molecule has 3 aromatic carbocycles. The molecule has 0 bridgehead atoms. The fraction of sp³-hybridized carbons (Fsp3) is 0.345. The Bertz CT molecular complexity index is 1300. The molecule has 3 atom stereocenters. The van der Waals surface area contributed by atoms with Gasteiger partial charge in [-0.05, 0) is 60.4 Å². The molecule has 0 radical (unpaired) electrons. The van der Waals surface area contributed by atoms with E-state index in [2.05, 4.69) is 10.6 Å². The molecule has 0 spiro atoms. The zero-order valence-electron chi connectivity index (χ0n) is 21.4. The van der Waals surface area contributed by atoms with Crippen LogP contribution in [0.3, 0.4) is 0 Å². The lowest BCUT2D eigenvalue weighted by Gasteiger charge is -2.26. The quantitative estimate of drug-likeness (QED) is 0.278. The minimum atomic E-state index is -4.95. The first-order valence-electron chi connectivity index (χ1n) is 12.5. The Morgan fingerprint density at radius 1 is 0.950 bits per heavy atom. The van der Waals surface area contributed by atoms with Crippen molar-refractivity contribution in [3.05, 3.63) is 106 Å². The van der Waals surface area contributed by atoms with Gasteiger partial charge >= 0.3 is 12.4 Å². The fourth-order valence-electron chi connectivity index (χ4n) is 4.96. The molecule has 4 nitrogen and oxygen atoms in total. The van der Waals surface area contributed by atoms with Crippen molar-refractivity contribution in [3.63, 3.8) is 0 Å². The van der Waals surface area contributed by atoms with Crippen LogP contribution in [0.1, 0.15) is 41.2 Å². The lowest BCUT2D eigenvalue weighted by molar-refractivity contribution is -0.143. The second kappa shape index (κ2) is 11.8. The summed E-state index contributed by atoms with van der Waals surface area (Å²) in [6.45, 7) is 1.55. The molecular weight excluding hydrogens is 558 g/mol. The summed E-state index contributed by atoms with van der Waals surface area (Å²) >= 11 is 6.03. The predicted octanol–water partition coefficient (Wildman–Crippen LogP) is 7.10. The van der Waals surface area contributed by atoms with Crippen LogP contribution in [0.4, 0.5) is 26.3 Å². The van der Waals surface area contributed by atoms with E-state index in [1.54, 1.807) is 18.2 Å². The second-order valence-corrected chi connectivity index (χ2v) is 10.5. The maximum Gasteiger partial charge on any atom is 0.416 e. The summed E-state index contributed by atoms with van der Waals surface area (Å²) in [6.07, 6.45) is -9.51. The van der Waals surface area contributed by atoms with Crippen LogP contribution in [0.25, 0.3) is 0 Å². The highest BCUT2D eigenvalue weighted by Crippen LogP contribution is 2.38. The summed E-state index contributed by atoms with van der Waals surface area (Å²) in [5.41, 5.74) is -1.97. The van der Waals surface area contributed by atoms with Crippen LogP contribution < -0.4 is 10.6 Å². The third-order valence-electron chi connectivity index (χ3n) is 6.93. The lowest BCUT2D eigenvalue weighted by atomic mass is 9.86. The molecule has 2 N–H and O–H groups in total. The maximum atomic E-state index is 13.3. The first kappa shape index (κ1) is 29.9. The van der Waals surface area contributed by atoms with Crippen molar-refractivity contribution < 1.29 is 35.9 Å². The van der Waals surface area contributed by atoms with Crippen LogP contribution in [0.2, 0.25) is 5.02 Å². The van der Waals surface area contributed by atoms with Crippen LogP contribution in [-0.4, -0.2) is 18.6 Å². The van der Waals surface area contributed by atoms with Crippen LogP contribution in [0, 0.1) is 5.92 Å². The summed E-state index contributed by atoms with van der Waals surface area (Å²) in [5, 5.41) is 6.84. The molecule has 3 unspecified atom stereocenters. The Morgan fingerprint density at radius 3 is 2.20 bits per heavy atom. The molecule has 4 rings (SSSR count). The van der Waals surface area contributed by atoms with Crippen LogP contribution in [0.5, 0.6) is 0 Å². The first-order chi connectivity index (χ1) is 18.7. The van der Waals surface area contributed by atoms with Gasteiger partial charge in [0.05, 0.1) is 30.3 Å². The second-order valence-electron chi connectivity index (χ2n) is 10.0. The molecule has 40 heavy (non-hydrogen) atoms. The minimum absolute atomic E-state index is 0.0770. The Balaban J connectivity index is 1.50. The van der Waals surface area contributed by atoms with E-state index in [0.29, 0.717) is 23.6 Å². The fourth-order valence-corrected chi connectivity index (χ4v) is 5.18. The van der Waals surface area contributed by atoms with Crippen molar-refractivity contribution in [1.29, 1.82) is 0 Å². The molecule has 0 saturated carbocycles. The van der Waals surface area contributed by atoms with Gasteiger partial charge in [-0.15, -0.1) is 0 Å². The van der Waals surface area contributed by atoms with E-state index in [1.165, 1.54) is 0 Å². The Labute approximate surface area is 232 Å². The van der Waals surface area contributed by atoms with Crippen LogP contribution in [-0.2, 0) is 40.6 Å². The van der Waals surface area contributed by atoms with E-state index in [4.69, 9.17) is 16.3 Å². The summed E-state index contributed by atoms with van der Waals surface area (Å²) < 4.78 is 85.1. The number of hydrogen-bond acceptors (Lipinski definition) is 3. The third kappa shape index (κ3) is 7.35. The van der Waals surface area contributed by atoms with Crippen molar-refractivity contribution in [2.75, 3.05) is 6.61 Å². The molecule has 1 saturated heterocycles. The first-order valence-corrected chi connectivity index (χ1v) is 12.8.